The van der Waals surface area contributed by atoms with Gasteiger partial charge in [0.15, 0.2) is 0 Å². The molecular formula is C5H5ClF3N3S. The van der Waals surface area contributed by atoms with Crippen LogP contribution in [0.25, 0.3) is 0 Å². The van der Waals surface area contributed by atoms with E-state index < -0.39 is 17.3 Å². The van der Waals surface area contributed by atoms with E-state index in [4.69, 9.17) is 11.6 Å². The molecule has 0 radical (unpaired) electrons. The first-order valence-corrected chi connectivity index (χ1v) is 4.52. The normalized spacial score (nSPS) is 14.5. The highest BCUT2D eigenvalue weighted by Crippen LogP contribution is 2.33. The average Bonchev–Trinajstić information content (AvgIpc) is 2.34. The molecule has 0 fully saturated rings. The third-order valence-electron chi connectivity index (χ3n) is 1.03. The molecule has 0 bridgehead atoms. The Morgan fingerprint density at radius 3 is 2.77 bits per heavy atom. The molecule has 0 amide bonds. The van der Waals surface area contributed by atoms with Crippen LogP contribution in [-0.4, -0.2) is 26.3 Å². The van der Waals surface area contributed by atoms with Crippen molar-refractivity contribution in [3.8, 4) is 0 Å². The number of aromatic amines is 1. The van der Waals surface area contributed by atoms with Crippen LogP contribution in [0.4, 0.5) is 13.2 Å². The van der Waals surface area contributed by atoms with E-state index in [1.807, 2.05) is 0 Å². The Kier molecular flexibility index (Phi) is 3.43. The molecule has 13 heavy (non-hydrogen) atoms. The molecule has 1 heterocycles. The van der Waals surface area contributed by atoms with Gasteiger partial charge in [-0.1, -0.05) is 11.8 Å². The Hall–Kier alpha value is -0.430. The van der Waals surface area contributed by atoms with Gasteiger partial charge in [0.05, 0.1) is 17.3 Å². The van der Waals surface area contributed by atoms with E-state index >= 15 is 0 Å². The van der Waals surface area contributed by atoms with Gasteiger partial charge >= 0.3 is 6.18 Å². The predicted molar refractivity (Wildman–Crippen MR) is 42.6 cm³/mol. The van der Waals surface area contributed by atoms with E-state index in [1.54, 1.807) is 0 Å². The molecule has 1 N–H and O–H groups in total. The smallest absolute Gasteiger partial charge is 0.197 e. The van der Waals surface area contributed by atoms with Crippen LogP contribution in [0.15, 0.2) is 11.2 Å². The molecule has 0 aromatic carbocycles. The highest BCUT2D eigenvalue weighted by Gasteiger charge is 2.31. The summed E-state index contributed by atoms with van der Waals surface area (Å²) in [5.74, 6) is 0. The fourth-order valence-corrected chi connectivity index (χ4v) is 1.79. The fourth-order valence-electron chi connectivity index (χ4n) is 0.603. The Bertz CT molecular complexity index is 250. The zero-order chi connectivity index (χ0) is 9.90. The van der Waals surface area contributed by atoms with Gasteiger partial charge in [-0.05, 0) is 0 Å². The standard InChI is InChI=1S/C5H5ClF3N3S/c6-3(1-5(7,8)9)13-4-2-10-12-11-4/h2-3H,1H2,(H,10,11,12). The summed E-state index contributed by atoms with van der Waals surface area (Å²) >= 11 is 6.24. The van der Waals surface area contributed by atoms with Gasteiger partial charge in [-0.2, -0.15) is 23.5 Å². The SMILES string of the molecule is FC(F)(F)CC(Cl)Sc1cn[nH]n1. The van der Waals surface area contributed by atoms with Crippen molar-refractivity contribution < 1.29 is 13.2 Å². The van der Waals surface area contributed by atoms with Crippen LogP contribution in [0.2, 0.25) is 0 Å². The zero-order valence-corrected chi connectivity index (χ0v) is 7.75. The molecule has 0 aliphatic rings. The predicted octanol–water partition coefficient (Wildman–Crippen LogP) is 2.41. The molecular weight excluding hydrogens is 227 g/mol. The Balaban J connectivity index is 2.38. The van der Waals surface area contributed by atoms with Gasteiger partial charge in [-0.15, -0.1) is 16.7 Å². The molecule has 1 rings (SSSR count). The molecule has 1 aromatic rings. The van der Waals surface area contributed by atoms with Crippen LogP contribution < -0.4 is 0 Å². The number of aromatic nitrogens is 3. The van der Waals surface area contributed by atoms with Crippen LogP contribution >= 0.6 is 23.4 Å². The molecule has 1 atom stereocenters. The van der Waals surface area contributed by atoms with Crippen molar-refractivity contribution in [2.24, 2.45) is 0 Å². The first-order chi connectivity index (χ1) is 5.97. The largest absolute Gasteiger partial charge is 0.391 e. The zero-order valence-electron chi connectivity index (χ0n) is 6.18. The van der Waals surface area contributed by atoms with Crippen molar-refractivity contribution >= 4 is 23.4 Å². The summed E-state index contributed by atoms with van der Waals surface area (Å²) in [6, 6.07) is 0. The van der Waals surface area contributed by atoms with Crippen molar-refractivity contribution in [2.75, 3.05) is 0 Å². The third-order valence-corrected chi connectivity index (χ3v) is 2.32. The minimum Gasteiger partial charge on any atom is -0.197 e. The van der Waals surface area contributed by atoms with E-state index in [9.17, 15) is 13.2 Å². The maximum atomic E-state index is 11.8. The van der Waals surface area contributed by atoms with Gasteiger partial charge in [0.25, 0.3) is 0 Å². The average molecular weight is 232 g/mol. The van der Waals surface area contributed by atoms with E-state index in [-0.39, 0.29) is 0 Å². The summed E-state index contributed by atoms with van der Waals surface area (Å²) in [6.45, 7) is 0. The third kappa shape index (κ3) is 4.37. The van der Waals surface area contributed by atoms with Crippen LogP contribution in [0.3, 0.4) is 0 Å². The quantitative estimate of drug-likeness (QED) is 0.642. The van der Waals surface area contributed by atoms with Crippen LogP contribution in [0.1, 0.15) is 6.42 Å². The Morgan fingerprint density at radius 2 is 2.31 bits per heavy atom. The number of hydrogen-bond acceptors (Lipinski definition) is 3. The Morgan fingerprint density at radius 1 is 1.62 bits per heavy atom. The second-order valence-electron chi connectivity index (χ2n) is 2.16. The van der Waals surface area contributed by atoms with Crippen LogP contribution in [0.5, 0.6) is 0 Å². The number of thioether (sulfide) groups is 1. The summed E-state index contributed by atoms with van der Waals surface area (Å²) in [7, 11) is 0. The molecule has 0 spiro atoms. The summed E-state index contributed by atoms with van der Waals surface area (Å²) in [5, 5.41) is 9.62. The number of alkyl halides is 4. The van der Waals surface area contributed by atoms with Gasteiger partial charge in [0.2, 0.25) is 0 Å². The lowest BCUT2D eigenvalue weighted by atomic mass is 10.5. The molecule has 0 saturated heterocycles. The fraction of sp³-hybridized carbons (Fsp3) is 0.600. The molecule has 0 aliphatic heterocycles. The summed E-state index contributed by atoms with van der Waals surface area (Å²) in [4.78, 5) is 0. The summed E-state index contributed by atoms with van der Waals surface area (Å²) < 4.78 is 34.3. The van der Waals surface area contributed by atoms with E-state index in [0.717, 1.165) is 11.8 Å². The molecule has 0 aliphatic carbocycles. The van der Waals surface area contributed by atoms with Crippen molar-refractivity contribution in [2.45, 2.75) is 22.3 Å². The highest BCUT2D eigenvalue weighted by atomic mass is 35.5. The maximum absolute atomic E-state index is 11.8. The number of halogens is 4. The van der Waals surface area contributed by atoms with E-state index in [2.05, 4.69) is 15.4 Å². The van der Waals surface area contributed by atoms with Crippen molar-refractivity contribution in [1.29, 1.82) is 0 Å². The number of nitrogens with one attached hydrogen (secondary N) is 1. The number of hydrogen-bond donors (Lipinski definition) is 1. The van der Waals surface area contributed by atoms with Gasteiger partial charge in [0.1, 0.15) is 5.03 Å². The number of H-pyrrole nitrogens is 1. The molecule has 74 valence electrons. The monoisotopic (exact) mass is 231 g/mol. The second-order valence-corrected chi connectivity index (χ2v) is 4.16. The lowest BCUT2D eigenvalue weighted by Gasteiger charge is -2.09. The van der Waals surface area contributed by atoms with Crippen molar-refractivity contribution in [1.82, 2.24) is 15.4 Å². The maximum Gasteiger partial charge on any atom is 0.391 e. The first-order valence-electron chi connectivity index (χ1n) is 3.20. The topological polar surface area (TPSA) is 41.6 Å². The van der Waals surface area contributed by atoms with Crippen LogP contribution in [0, 0.1) is 0 Å². The van der Waals surface area contributed by atoms with Crippen molar-refractivity contribution in [3.63, 3.8) is 0 Å². The van der Waals surface area contributed by atoms with E-state index in [1.165, 1.54) is 6.20 Å². The van der Waals surface area contributed by atoms with Crippen molar-refractivity contribution in [3.05, 3.63) is 6.20 Å². The summed E-state index contributed by atoms with van der Waals surface area (Å²) in [5.41, 5.74) is 0. The minimum atomic E-state index is -4.25. The second kappa shape index (κ2) is 4.19. The molecule has 8 heteroatoms. The van der Waals surface area contributed by atoms with Gasteiger partial charge in [-0.25, -0.2) is 0 Å². The molecule has 3 nitrogen and oxygen atoms in total. The molecule has 0 saturated carbocycles. The highest BCUT2D eigenvalue weighted by molar-refractivity contribution is 8.01. The number of nitrogens with zero attached hydrogens (tertiary/aromatic N) is 2. The van der Waals surface area contributed by atoms with Crippen LogP contribution in [-0.2, 0) is 0 Å². The summed E-state index contributed by atoms with van der Waals surface area (Å²) in [6.07, 6.45) is -3.98. The lowest BCUT2D eigenvalue weighted by Crippen LogP contribution is -2.12. The minimum absolute atomic E-state index is 0.351. The Labute approximate surface area is 81.0 Å². The van der Waals surface area contributed by atoms with Gasteiger partial charge in [0, 0.05) is 0 Å². The molecule has 1 unspecified atom stereocenters. The lowest BCUT2D eigenvalue weighted by molar-refractivity contribution is -0.131. The van der Waals surface area contributed by atoms with Gasteiger partial charge in [-0.3, -0.25) is 0 Å². The first kappa shape index (κ1) is 10.6. The number of rotatable bonds is 3. The van der Waals surface area contributed by atoms with Gasteiger partial charge < -0.3 is 0 Å². The molecule has 1 aromatic heterocycles. The van der Waals surface area contributed by atoms with E-state index in [0.29, 0.717) is 5.03 Å².